The lowest BCUT2D eigenvalue weighted by Crippen LogP contribution is -2.46. The number of anilines is 1. The highest BCUT2D eigenvalue weighted by Crippen LogP contribution is 2.29. The smallest absolute Gasteiger partial charge is 0.322 e. The van der Waals surface area contributed by atoms with E-state index in [1.807, 2.05) is 23.1 Å². The van der Waals surface area contributed by atoms with E-state index >= 15 is 0 Å². The molecule has 5 nitrogen and oxygen atoms in total. The molecule has 0 spiro atoms. The molecule has 25 heavy (non-hydrogen) atoms. The number of nitrogens with zero attached hydrogens (tertiary/aromatic N) is 2. The summed E-state index contributed by atoms with van der Waals surface area (Å²) < 4.78 is 5.15. The van der Waals surface area contributed by atoms with Crippen molar-refractivity contribution in [3.05, 3.63) is 35.5 Å². The summed E-state index contributed by atoms with van der Waals surface area (Å²) in [6, 6.07) is 7.63. The molecular weight excluding hydrogens is 338 g/mol. The van der Waals surface area contributed by atoms with E-state index in [9.17, 15) is 4.79 Å². The van der Waals surface area contributed by atoms with Gasteiger partial charge in [0.05, 0.1) is 16.2 Å². The van der Waals surface area contributed by atoms with Crippen molar-refractivity contribution in [3.8, 4) is 0 Å². The molecule has 0 saturated carbocycles. The minimum atomic E-state index is -0.0467. The molecule has 3 rings (SSSR count). The first-order valence-electron chi connectivity index (χ1n) is 8.80. The Balaban J connectivity index is 1.75. The number of fused-ring (bicyclic) bond motifs is 1. The Hall–Kier alpha value is -1.85. The van der Waals surface area contributed by atoms with Gasteiger partial charge < -0.3 is 15.0 Å². The number of likely N-dealkylation sites (tertiary alicyclic amines) is 1. The van der Waals surface area contributed by atoms with Gasteiger partial charge in [0.25, 0.3) is 0 Å². The number of aromatic nitrogens is 1. The summed E-state index contributed by atoms with van der Waals surface area (Å²) in [7, 11) is 1.71. The van der Waals surface area contributed by atoms with E-state index in [0.717, 1.165) is 49.9 Å². The molecule has 6 heteroatoms. The van der Waals surface area contributed by atoms with Crippen LogP contribution in [0.4, 0.5) is 10.5 Å². The average molecular weight is 362 g/mol. The van der Waals surface area contributed by atoms with Crippen LogP contribution in [0, 0.1) is 0 Å². The Kier molecular flexibility index (Phi) is 6.10. The number of hydrogen-bond donors (Lipinski definition) is 1. The summed E-state index contributed by atoms with van der Waals surface area (Å²) >= 11 is 6.21. The van der Waals surface area contributed by atoms with Gasteiger partial charge in [-0.25, -0.2) is 4.79 Å². The SMILES string of the molecule is COCCC[C@H]1CCCCN1C(=O)Nc1ccc(Cl)c2ncccc12. The number of carbonyl (C=O) groups excluding carboxylic acids is 1. The van der Waals surface area contributed by atoms with Crippen LogP contribution in [0.3, 0.4) is 0 Å². The number of pyridine rings is 1. The highest BCUT2D eigenvalue weighted by atomic mass is 35.5. The van der Waals surface area contributed by atoms with Crippen molar-refractivity contribution >= 4 is 34.2 Å². The summed E-state index contributed by atoms with van der Waals surface area (Å²) in [5, 5.41) is 4.50. The van der Waals surface area contributed by atoms with Crippen LogP contribution < -0.4 is 5.32 Å². The maximum absolute atomic E-state index is 12.9. The molecule has 1 aromatic heterocycles. The number of benzene rings is 1. The number of amides is 2. The Morgan fingerprint density at radius 3 is 3.12 bits per heavy atom. The number of rotatable bonds is 5. The first-order valence-corrected chi connectivity index (χ1v) is 9.18. The van der Waals surface area contributed by atoms with Crippen LogP contribution in [0.15, 0.2) is 30.5 Å². The van der Waals surface area contributed by atoms with Gasteiger partial charge in [-0.15, -0.1) is 0 Å². The molecule has 1 aliphatic heterocycles. The van der Waals surface area contributed by atoms with Gasteiger partial charge in [0.1, 0.15) is 0 Å². The Morgan fingerprint density at radius 2 is 2.28 bits per heavy atom. The van der Waals surface area contributed by atoms with Crippen LogP contribution in [-0.2, 0) is 4.74 Å². The predicted octanol–water partition coefficient (Wildman–Crippen LogP) is 4.70. The maximum atomic E-state index is 12.9. The fraction of sp³-hybridized carbons (Fsp3) is 0.474. The van der Waals surface area contributed by atoms with E-state index in [2.05, 4.69) is 10.3 Å². The van der Waals surface area contributed by atoms with Gasteiger partial charge in [-0.2, -0.15) is 0 Å². The van der Waals surface area contributed by atoms with Gasteiger partial charge in [-0.05, 0) is 56.4 Å². The number of piperidine rings is 1. The van der Waals surface area contributed by atoms with E-state index in [-0.39, 0.29) is 12.1 Å². The van der Waals surface area contributed by atoms with E-state index in [4.69, 9.17) is 16.3 Å². The molecule has 0 radical (unpaired) electrons. The average Bonchev–Trinajstić information content (AvgIpc) is 2.65. The first-order chi connectivity index (χ1) is 12.2. The van der Waals surface area contributed by atoms with Gasteiger partial charge >= 0.3 is 6.03 Å². The molecule has 1 fully saturated rings. The molecule has 134 valence electrons. The van der Waals surface area contributed by atoms with Crippen LogP contribution in [0.25, 0.3) is 10.9 Å². The lowest BCUT2D eigenvalue weighted by Gasteiger charge is -2.36. The van der Waals surface area contributed by atoms with Crippen molar-refractivity contribution in [2.24, 2.45) is 0 Å². The van der Waals surface area contributed by atoms with Crippen molar-refractivity contribution < 1.29 is 9.53 Å². The molecule has 1 atom stereocenters. The third kappa shape index (κ3) is 4.22. The largest absolute Gasteiger partial charge is 0.385 e. The first kappa shape index (κ1) is 18.0. The molecule has 2 amide bonds. The molecule has 1 N–H and O–H groups in total. The van der Waals surface area contributed by atoms with E-state index in [0.29, 0.717) is 10.5 Å². The monoisotopic (exact) mass is 361 g/mol. The Bertz CT molecular complexity index is 738. The Morgan fingerprint density at radius 1 is 1.40 bits per heavy atom. The molecule has 2 heterocycles. The zero-order valence-electron chi connectivity index (χ0n) is 14.5. The summed E-state index contributed by atoms with van der Waals surface area (Å²) in [5.41, 5.74) is 1.45. The summed E-state index contributed by atoms with van der Waals surface area (Å²) in [6.07, 6.45) is 6.94. The molecule has 2 aromatic rings. The van der Waals surface area contributed by atoms with Crippen LogP contribution >= 0.6 is 11.6 Å². The molecule has 1 aliphatic rings. The summed E-state index contributed by atoms with van der Waals surface area (Å²) in [6.45, 7) is 1.53. The molecule has 1 aromatic carbocycles. The van der Waals surface area contributed by atoms with Crippen LogP contribution in [-0.4, -0.2) is 42.2 Å². The second-order valence-corrected chi connectivity index (χ2v) is 6.81. The Labute approximate surface area is 153 Å². The zero-order chi connectivity index (χ0) is 17.6. The number of nitrogens with one attached hydrogen (secondary N) is 1. The second kappa shape index (κ2) is 8.50. The minimum absolute atomic E-state index is 0.0467. The van der Waals surface area contributed by atoms with Gasteiger partial charge in [-0.3, -0.25) is 4.98 Å². The fourth-order valence-corrected chi connectivity index (χ4v) is 3.68. The molecular formula is C19H24ClN3O2. The van der Waals surface area contributed by atoms with Gasteiger partial charge in [-0.1, -0.05) is 11.6 Å². The molecule has 0 aliphatic carbocycles. The van der Waals surface area contributed by atoms with Crippen molar-refractivity contribution in [1.82, 2.24) is 9.88 Å². The number of halogens is 1. The zero-order valence-corrected chi connectivity index (χ0v) is 15.3. The molecule has 0 bridgehead atoms. The topological polar surface area (TPSA) is 54.5 Å². The number of carbonyl (C=O) groups is 1. The van der Waals surface area contributed by atoms with Crippen molar-refractivity contribution in [2.45, 2.75) is 38.1 Å². The number of hydrogen-bond acceptors (Lipinski definition) is 3. The third-order valence-corrected chi connectivity index (χ3v) is 5.04. The van der Waals surface area contributed by atoms with E-state index in [1.54, 1.807) is 19.4 Å². The highest BCUT2D eigenvalue weighted by molar-refractivity contribution is 6.35. The predicted molar refractivity (Wildman–Crippen MR) is 101 cm³/mol. The minimum Gasteiger partial charge on any atom is -0.385 e. The number of ether oxygens (including phenoxy) is 1. The van der Waals surface area contributed by atoms with Crippen molar-refractivity contribution in [1.29, 1.82) is 0 Å². The van der Waals surface area contributed by atoms with Crippen LogP contribution in [0.2, 0.25) is 5.02 Å². The normalized spacial score (nSPS) is 17.7. The second-order valence-electron chi connectivity index (χ2n) is 6.40. The van der Waals surface area contributed by atoms with Gasteiger partial charge in [0.2, 0.25) is 0 Å². The number of methoxy groups -OCH3 is 1. The lowest BCUT2D eigenvalue weighted by atomic mass is 9.98. The standard InChI is InChI=1S/C19H24ClN3O2/c1-25-13-5-7-14-6-2-3-12-23(14)19(24)22-17-10-9-16(20)18-15(17)8-4-11-21-18/h4,8-11,14H,2-3,5-7,12-13H2,1H3,(H,22,24)/t14-/m1/s1. The molecule has 0 unspecified atom stereocenters. The van der Waals surface area contributed by atoms with Crippen molar-refractivity contribution in [2.75, 3.05) is 25.6 Å². The fourth-order valence-electron chi connectivity index (χ4n) is 3.47. The van der Waals surface area contributed by atoms with E-state index in [1.165, 1.54) is 6.42 Å². The lowest BCUT2D eigenvalue weighted by molar-refractivity contribution is 0.141. The number of urea groups is 1. The maximum Gasteiger partial charge on any atom is 0.322 e. The van der Waals surface area contributed by atoms with Crippen molar-refractivity contribution in [3.63, 3.8) is 0 Å². The quantitative estimate of drug-likeness (QED) is 0.785. The molecule has 1 saturated heterocycles. The highest BCUT2D eigenvalue weighted by Gasteiger charge is 2.26. The van der Waals surface area contributed by atoms with Crippen LogP contribution in [0.1, 0.15) is 32.1 Å². The summed E-state index contributed by atoms with van der Waals surface area (Å²) in [4.78, 5) is 19.2. The van der Waals surface area contributed by atoms with Gasteiger partial charge in [0.15, 0.2) is 0 Å². The van der Waals surface area contributed by atoms with E-state index < -0.39 is 0 Å². The van der Waals surface area contributed by atoms with Crippen LogP contribution in [0.5, 0.6) is 0 Å². The third-order valence-electron chi connectivity index (χ3n) is 4.74. The summed E-state index contributed by atoms with van der Waals surface area (Å²) in [5.74, 6) is 0. The van der Waals surface area contributed by atoms with Gasteiger partial charge in [0, 0.05) is 37.9 Å².